The van der Waals surface area contributed by atoms with Gasteiger partial charge in [-0.2, -0.15) is 0 Å². The lowest BCUT2D eigenvalue weighted by Gasteiger charge is -2.25. The maximum Gasteiger partial charge on any atom is 0.238 e. The first kappa shape index (κ1) is 27.9. The summed E-state index contributed by atoms with van der Waals surface area (Å²) in [5.41, 5.74) is 3.54. The van der Waals surface area contributed by atoms with Gasteiger partial charge in [-0.1, -0.05) is 56.2 Å². The van der Waals surface area contributed by atoms with Crippen LogP contribution in [0.1, 0.15) is 59.2 Å². The van der Waals surface area contributed by atoms with Crippen molar-refractivity contribution in [1.82, 2.24) is 4.98 Å². The number of H-pyrrole nitrogens is 1. The Balaban J connectivity index is 2.00. The summed E-state index contributed by atoms with van der Waals surface area (Å²) in [5.74, 6) is 1.29. The summed E-state index contributed by atoms with van der Waals surface area (Å²) in [6.07, 6.45) is 10.4. The summed E-state index contributed by atoms with van der Waals surface area (Å²) in [6.45, 7) is 14.7. The van der Waals surface area contributed by atoms with Crippen molar-refractivity contribution in [1.29, 1.82) is 0 Å². The highest BCUT2D eigenvalue weighted by Gasteiger charge is 2.60. The van der Waals surface area contributed by atoms with Crippen molar-refractivity contribution in [2.45, 2.75) is 79.1 Å². The average Bonchev–Trinajstić information content (AvgIpc) is 3.47. The molecule has 6 heteroatoms. The van der Waals surface area contributed by atoms with Crippen LogP contribution in [0.25, 0.3) is 0 Å². The Labute approximate surface area is 205 Å². The van der Waals surface area contributed by atoms with E-state index in [0.717, 1.165) is 12.1 Å². The normalized spacial score (nSPS) is 22.9. The van der Waals surface area contributed by atoms with Crippen molar-refractivity contribution in [3.63, 3.8) is 0 Å². The van der Waals surface area contributed by atoms with Crippen LogP contribution in [0.4, 0.5) is 0 Å². The SMILES string of the molecule is COc1[nH]c(C/C=C(\C)C/C=C/C(C)=C/[C@@H](C)[C@@H](OC)C2(C)OC2C(C)C)c(C)c(=O)c1OC. The largest absolute Gasteiger partial charge is 0.488 e. The van der Waals surface area contributed by atoms with Gasteiger partial charge in [-0.15, -0.1) is 0 Å². The van der Waals surface area contributed by atoms with Crippen LogP contribution in [0.3, 0.4) is 0 Å². The first-order valence-electron chi connectivity index (χ1n) is 12.0. The molecule has 6 nitrogen and oxygen atoms in total. The first-order valence-corrected chi connectivity index (χ1v) is 12.0. The molecule has 0 spiro atoms. The van der Waals surface area contributed by atoms with Gasteiger partial charge in [-0.3, -0.25) is 4.79 Å². The predicted molar refractivity (Wildman–Crippen MR) is 138 cm³/mol. The summed E-state index contributed by atoms with van der Waals surface area (Å²) >= 11 is 0. The van der Waals surface area contributed by atoms with Crippen LogP contribution in [0.2, 0.25) is 0 Å². The molecule has 0 amide bonds. The standard InChI is InChI=1S/C28H43NO5/c1-17(2)25-28(7,34-25)26(32-9)20(5)16-19(4)13-11-12-18(3)14-15-22-21(6)23(30)24(31-8)27(29-22)33-10/h11,13-14,16-17,20,25-26H,12,15H2,1-10H3,(H,29,30)/b13-11+,18-14+,19-16+/t20-,25?,26-,28?/m1/s1. The Kier molecular flexibility index (Phi) is 9.77. The quantitative estimate of drug-likeness (QED) is 0.245. The Morgan fingerprint density at radius 1 is 1.18 bits per heavy atom. The number of aromatic nitrogens is 1. The summed E-state index contributed by atoms with van der Waals surface area (Å²) in [5, 5.41) is 0. The fourth-order valence-electron chi connectivity index (χ4n) is 4.82. The minimum Gasteiger partial charge on any atom is -0.488 e. The lowest BCUT2D eigenvalue weighted by atomic mass is 9.86. The first-order chi connectivity index (χ1) is 16.0. The molecule has 0 bridgehead atoms. The molecule has 0 aromatic carbocycles. The van der Waals surface area contributed by atoms with E-state index in [9.17, 15) is 4.79 Å². The van der Waals surface area contributed by atoms with Gasteiger partial charge in [0.05, 0.1) is 26.4 Å². The van der Waals surface area contributed by atoms with Crippen LogP contribution >= 0.6 is 0 Å². The predicted octanol–water partition coefficient (Wildman–Crippen LogP) is 5.55. The van der Waals surface area contributed by atoms with Crippen molar-refractivity contribution in [3.05, 3.63) is 56.9 Å². The molecule has 0 saturated carbocycles. The molecule has 0 aliphatic carbocycles. The van der Waals surface area contributed by atoms with E-state index in [4.69, 9.17) is 18.9 Å². The van der Waals surface area contributed by atoms with Crippen LogP contribution in [-0.2, 0) is 15.9 Å². The smallest absolute Gasteiger partial charge is 0.238 e. The Bertz CT molecular complexity index is 987. The average molecular weight is 474 g/mol. The van der Waals surface area contributed by atoms with Crippen molar-refractivity contribution in [3.8, 4) is 11.6 Å². The number of rotatable bonds is 12. The molecule has 2 unspecified atom stereocenters. The van der Waals surface area contributed by atoms with Gasteiger partial charge < -0.3 is 23.9 Å². The zero-order valence-electron chi connectivity index (χ0n) is 22.6. The second kappa shape index (κ2) is 11.9. The van der Waals surface area contributed by atoms with Gasteiger partial charge in [0.15, 0.2) is 0 Å². The number of hydrogen-bond acceptors (Lipinski definition) is 5. The molecule has 1 aromatic heterocycles. The highest BCUT2D eigenvalue weighted by Crippen LogP contribution is 2.47. The molecule has 1 aliphatic rings. The van der Waals surface area contributed by atoms with Gasteiger partial charge in [0.25, 0.3) is 0 Å². The van der Waals surface area contributed by atoms with E-state index in [1.54, 1.807) is 14.0 Å². The second-order valence-corrected chi connectivity index (χ2v) is 9.88. The summed E-state index contributed by atoms with van der Waals surface area (Å²) < 4.78 is 22.3. The molecule has 4 atom stereocenters. The van der Waals surface area contributed by atoms with E-state index in [1.807, 2.05) is 0 Å². The zero-order chi connectivity index (χ0) is 25.6. The minimum atomic E-state index is -0.217. The molecule has 0 radical (unpaired) electrons. The van der Waals surface area contributed by atoms with Crippen molar-refractivity contribution in [2.75, 3.05) is 21.3 Å². The minimum absolute atomic E-state index is 0.0248. The summed E-state index contributed by atoms with van der Waals surface area (Å²) in [7, 11) is 4.76. The zero-order valence-corrected chi connectivity index (χ0v) is 22.6. The number of aromatic amines is 1. The van der Waals surface area contributed by atoms with Crippen LogP contribution < -0.4 is 14.9 Å². The van der Waals surface area contributed by atoms with Gasteiger partial charge in [0, 0.05) is 30.7 Å². The van der Waals surface area contributed by atoms with Gasteiger partial charge in [0.1, 0.15) is 5.60 Å². The van der Waals surface area contributed by atoms with Gasteiger partial charge in [-0.25, -0.2) is 0 Å². The maximum atomic E-state index is 12.5. The van der Waals surface area contributed by atoms with Gasteiger partial charge in [-0.05, 0) is 40.0 Å². The van der Waals surface area contributed by atoms with Crippen molar-refractivity contribution in [2.24, 2.45) is 11.8 Å². The number of epoxide rings is 1. The molecule has 1 saturated heterocycles. The Morgan fingerprint density at radius 3 is 2.38 bits per heavy atom. The number of allylic oxidation sites excluding steroid dienone is 5. The molecular formula is C28H43NO5. The van der Waals surface area contributed by atoms with E-state index in [-0.39, 0.29) is 34.9 Å². The van der Waals surface area contributed by atoms with Gasteiger partial charge >= 0.3 is 0 Å². The van der Waals surface area contributed by atoms with E-state index in [0.29, 0.717) is 23.8 Å². The monoisotopic (exact) mass is 473 g/mol. The number of methoxy groups -OCH3 is 3. The molecule has 1 N–H and O–H groups in total. The second-order valence-electron chi connectivity index (χ2n) is 9.88. The Morgan fingerprint density at radius 2 is 1.85 bits per heavy atom. The van der Waals surface area contributed by atoms with Crippen LogP contribution in [0.5, 0.6) is 11.6 Å². The van der Waals surface area contributed by atoms with E-state index >= 15 is 0 Å². The van der Waals surface area contributed by atoms with Crippen LogP contribution in [-0.4, -0.2) is 44.1 Å². The third-order valence-corrected chi connectivity index (χ3v) is 6.67. The molecule has 34 heavy (non-hydrogen) atoms. The molecule has 1 aliphatic heterocycles. The summed E-state index contributed by atoms with van der Waals surface area (Å²) in [4.78, 5) is 15.7. The molecule has 2 heterocycles. The molecular weight excluding hydrogens is 430 g/mol. The molecule has 2 rings (SSSR count). The lowest BCUT2D eigenvalue weighted by molar-refractivity contribution is 0.0131. The third kappa shape index (κ3) is 6.42. The highest BCUT2D eigenvalue weighted by atomic mass is 16.6. The molecule has 190 valence electrons. The van der Waals surface area contributed by atoms with Crippen molar-refractivity contribution >= 4 is 0 Å². The van der Waals surface area contributed by atoms with E-state index in [1.165, 1.54) is 25.4 Å². The topological polar surface area (TPSA) is 73.1 Å². The Hall–Kier alpha value is -2.31. The van der Waals surface area contributed by atoms with E-state index in [2.05, 4.69) is 70.8 Å². The number of hydrogen-bond donors (Lipinski definition) is 1. The maximum absolute atomic E-state index is 12.5. The van der Waals surface area contributed by atoms with Gasteiger partial charge in [0.2, 0.25) is 17.1 Å². The van der Waals surface area contributed by atoms with Crippen LogP contribution in [0, 0.1) is 18.8 Å². The third-order valence-electron chi connectivity index (χ3n) is 6.67. The molecule has 1 aromatic rings. The number of ether oxygens (including phenoxy) is 4. The fraction of sp³-hybridized carbons (Fsp3) is 0.607. The lowest BCUT2D eigenvalue weighted by Crippen LogP contribution is -2.37. The van der Waals surface area contributed by atoms with Crippen LogP contribution in [0.15, 0.2) is 40.2 Å². The molecule has 1 fully saturated rings. The number of nitrogens with one attached hydrogen (secondary N) is 1. The van der Waals surface area contributed by atoms with Crippen molar-refractivity contribution < 1.29 is 18.9 Å². The number of pyridine rings is 1. The fourth-order valence-corrected chi connectivity index (χ4v) is 4.82. The van der Waals surface area contributed by atoms with E-state index < -0.39 is 0 Å². The highest BCUT2D eigenvalue weighted by molar-refractivity contribution is 5.40. The summed E-state index contributed by atoms with van der Waals surface area (Å²) in [6, 6.07) is 0.